The highest BCUT2D eigenvalue weighted by Crippen LogP contribution is 2.23. The highest BCUT2D eigenvalue weighted by Gasteiger charge is 2.06. The third kappa shape index (κ3) is 4.53. The van der Waals surface area contributed by atoms with Crippen LogP contribution in [0.15, 0.2) is 48.7 Å². The van der Waals surface area contributed by atoms with Gasteiger partial charge < -0.3 is 15.5 Å². The fourth-order valence-corrected chi connectivity index (χ4v) is 2.91. The van der Waals surface area contributed by atoms with Crippen LogP contribution in [-0.2, 0) is 0 Å². The lowest BCUT2D eigenvalue weighted by atomic mass is 10.1. The summed E-state index contributed by atoms with van der Waals surface area (Å²) in [5.74, 6) is 1.11. The van der Waals surface area contributed by atoms with E-state index in [0.717, 1.165) is 24.5 Å². The second kappa shape index (κ2) is 8.49. The van der Waals surface area contributed by atoms with Crippen molar-refractivity contribution in [1.29, 1.82) is 0 Å². The van der Waals surface area contributed by atoms with Crippen LogP contribution in [0.4, 0.5) is 28.8 Å². The maximum Gasteiger partial charge on any atom is 0.249 e. The molecule has 1 heterocycles. The molecule has 0 unspecified atom stereocenters. The van der Waals surface area contributed by atoms with Gasteiger partial charge in [-0.15, -0.1) is 5.10 Å². The summed E-state index contributed by atoms with van der Waals surface area (Å²) in [6.07, 6.45) is 1.62. The lowest BCUT2D eigenvalue weighted by Gasteiger charge is -2.21. The van der Waals surface area contributed by atoms with E-state index >= 15 is 0 Å². The molecule has 2 aromatic carbocycles. The largest absolute Gasteiger partial charge is 0.372 e. The minimum Gasteiger partial charge on any atom is -0.372 e. The van der Waals surface area contributed by atoms with E-state index in [9.17, 15) is 0 Å². The van der Waals surface area contributed by atoms with Gasteiger partial charge in [0, 0.05) is 30.2 Å². The van der Waals surface area contributed by atoms with Crippen LogP contribution < -0.4 is 15.5 Å². The van der Waals surface area contributed by atoms with Gasteiger partial charge >= 0.3 is 0 Å². The van der Waals surface area contributed by atoms with Gasteiger partial charge in [-0.1, -0.05) is 12.1 Å². The number of aromatic nitrogens is 3. The number of rotatable bonds is 7. The molecule has 0 saturated carbocycles. The minimum absolute atomic E-state index is 0.459. The lowest BCUT2D eigenvalue weighted by molar-refractivity contribution is 0.866. The first-order valence-electron chi connectivity index (χ1n) is 9.25. The van der Waals surface area contributed by atoms with Gasteiger partial charge in [-0.25, -0.2) is 0 Å². The van der Waals surface area contributed by atoms with E-state index in [-0.39, 0.29) is 0 Å². The van der Waals surface area contributed by atoms with Crippen molar-refractivity contribution < 1.29 is 0 Å². The average molecular weight is 362 g/mol. The second-order valence-electron chi connectivity index (χ2n) is 6.38. The second-order valence-corrected chi connectivity index (χ2v) is 6.38. The molecule has 0 fully saturated rings. The average Bonchev–Trinajstić information content (AvgIpc) is 2.68. The Morgan fingerprint density at radius 2 is 1.67 bits per heavy atom. The molecule has 1 aromatic heterocycles. The maximum atomic E-state index is 4.52. The van der Waals surface area contributed by atoms with Crippen molar-refractivity contribution in [1.82, 2.24) is 15.2 Å². The van der Waals surface area contributed by atoms with Crippen molar-refractivity contribution in [3.8, 4) is 0 Å². The number of anilines is 5. The summed E-state index contributed by atoms with van der Waals surface area (Å²) >= 11 is 0. The first-order valence-corrected chi connectivity index (χ1v) is 9.25. The zero-order valence-corrected chi connectivity index (χ0v) is 16.3. The summed E-state index contributed by atoms with van der Waals surface area (Å²) in [5.41, 5.74) is 5.57. The van der Waals surface area contributed by atoms with Crippen molar-refractivity contribution in [2.75, 3.05) is 28.6 Å². The normalized spacial score (nSPS) is 10.5. The summed E-state index contributed by atoms with van der Waals surface area (Å²) in [5, 5.41) is 14.7. The van der Waals surface area contributed by atoms with E-state index in [2.05, 4.69) is 76.6 Å². The molecule has 0 aliphatic heterocycles. The first-order chi connectivity index (χ1) is 13.1. The van der Waals surface area contributed by atoms with E-state index < -0.39 is 0 Å². The Hall–Kier alpha value is -3.15. The van der Waals surface area contributed by atoms with Gasteiger partial charge in [0.25, 0.3) is 0 Å². The summed E-state index contributed by atoms with van der Waals surface area (Å²) in [4.78, 5) is 6.82. The van der Waals surface area contributed by atoms with Gasteiger partial charge in [0.1, 0.15) is 0 Å². The Morgan fingerprint density at radius 3 is 2.37 bits per heavy atom. The van der Waals surface area contributed by atoms with Gasteiger partial charge in [-0.05, 0) is 69.2 Å². The number of aryl methyl sites for hydroxylation is 1. The lowest BCUT2D eigenvalue weighted by Crippen LogP contribution is -2.21. The van der Waals surface area contributed by atoms with Gasteiger partial charge in [0.15, 0.2) is 5.82 Å². The predicted octanol–water partition coefficient (Wildman–Crippen LogP) is 4.82. The van der Waals surface area contributed by atoms with Crippen molar-refractivity contribution in [2.24, 2.45) is 0 Å². The summed E-state index contributed by atoms with van der Waals surface area (Å²) < 4.78 is 0. The van der Waals surface area contributed by atoms with Crippen LogP contribution >= 0.6 is 0 Å². The van der Waals surface area contributed by atoms with Crippen molar-refractivity contribution in [3.05, 3.63) is 59.8 Å². The molecule has 0 spiro atoms. The SMILES string of the molecule is CCN(CC)c1ccc(Nc2nncc(Nc3cccc(C)c3C)n2)cc1. The van der Waals surface area contributed by atoms with E-state index in [1.54, 1.807) is 6.20 Å². The number of hydrogen-bond acceptors (Lipinski definition) is 6. The molecule has 0 aliphatic carbocycles. The molecule has 0 saturated heterocycles. The van der Waals surface area contributed by atoms with E-state index in [0.29, 0.717) is 11.8 Å². The van der Waals surface area contributed by atoms with Crippen molar-refractivity contribution in [3.63, 3.8) is 0 Å². The molecule has 2 N–H and O–H groups in total. The number of hydrogen-bond donors (Lipinski definition) is 2. The number of nitrogens with one attached hydrogen (secondary N) is 2. The molecular formula is C21H26N6. The molecule has 0 atom stereocenters. The van der Waals surface area contributed by atoms with Gasteiger partial charge in [-0.3, -0.25) is 0 Å². The molecule has 0 aliphatic rings. The fraction of sp³-hybridized carbons (Fsp3) is 0.286. The van der Waals surface area contributed by atoms with Crippen molar-refractivity contribution >= 4 is 28.8 Å². The monoisotopic (exact) mass is 362 g/mol. The zero-order valence-electron chi connectivity index (χ0n) is 16.3. The highest BCUT2D eigenvalue weighted by atomic mass is 15.3. The van der Waals surface area contributed by atoms with E-state index in [1.165, 1.54) is 16.8 Å². The smallest absolute Gasteiger partial charge is 0.249 e. The molecule has 6 heteroatoms. The van der Waals surface area contributed by atoms with Crippen molar-refractivity contribution in [2.45, 2.75) is 27.7 Å². The Morgan fingerprint density at radius 1 is 0.926 bits per heavy atom. The van der Waals surface area contributed by atoms with E-state index in [1.807, 2.05) is 24.3 Å². The molecule has 6 nitrogen and oxygen atoms in total. The molecule has 3 rings (SSSR count). The molecule has 0 radical (unpaired) electrons. The highest BCUT2D eigenvalue weighted by molar-refractivity contribution is 5.63. The number of benzene rings is 2. The van der Waals surface area contributed by atoms with Crippen LogP contribution in [0.2, 0.25) is 0 Å². The van der Waals surface area contributed by atoms with Crippen LogP contribution in [0, 0.1) is 13.8 Å². The summed E-state index contributed by atoms with van der Waals surface area (Å²) in [7, 11) is 0. The third-order valence-electron chi connectivity index (χ3n) is 4.68. The molecule has 27 heavy (non-hydrogen) atoms. The van der Waals surface area contributed by atoms with Crippen LogP contribution in [0.1, 0.15) is 25.0 Å². The summed E-state index contributed by atoms with van der Waals surface area (Å²) in [6.45, 7) is 10.5. The van der Waals surface area contributed by atoms with Gasteiger partial charge in [0.05, 0.1) is 6.20 Å². The Balaban J connectivity index is 1.73. The minimum atomic E-state index is 0.459. The fourth-order valence-electron chi connectivity index (χ4n) is 2.91. The molecule has 0 bridgehead atoms. The molecular weight excluding hydrogens is 336 g/mol. The first kappa shape index (κ1) is 18.6. The van der Waals surface area contributed by atoms with Gasteiger partial charge in [-0.2, -0.15) is 10.1 Å². The Kier molecular flexibility index (Phi) is 5.86. The quantitative estimate of drug-likeness (QED) is 0.628. The number of nitrogens with zero attached hydrogens (tertiary/aromatic N) is 4. The van der Waals surface area contributed by atoms with Crippen LogP contribution in [0.25, 0.3) is 0 Å². The summed E-state index contributed by atoms with van der Waals surface area (Å²) in [6, 6.07) is 14.4. The van der Waals surface area contributed by atoms with E-state index in [4.69, 9.17) is 0 Å². The topological polar surface area (TPSA) is 66.0 Å². The molecule has 3 aromatic rings. The molecule has 0 amide bonds. The van der Waals surface area contributed by atoms with Crippen LogP contribution in [0.3, 0.4) is 0 Å². The van der Waals surface area contributed by atoms with Crippen LogP contribution in [0.5, 0.6) is 0 Å². The third-order valence-corrected chi connectivity index (χ3v) is 4.68. The zero-order chi connectivity index (χ0) is 19.2. The predicted molar refractivity (Wildman–Crippen MR) is 112 cm³/mol. The van der Waals surface area contributed by atoms with Crippen LogP contribution in [-0.4, -0.2) is 28.3 Å². The standard InChI is InChI=1S/C21H26N6/c1-5-27(6-2)18-12-10-17(11-13-18)23-21-25-20(14-22-26-21)24-19-9-7-8-15(3)16(19)4/h7-14H,5-6H2,1-4H3,(H2,23,24,25,26). The maximum absolute atomic E-state index is 4.52. The molecule has 140 valence electrons. The Labute approximate surface area is 160 Å². The van der Waals surface area contributed by atoms with Gasteiger partial charge in [0.2, 0.25) is 5.95 Å². The Bertz CT molecular complexity index is 887.